The molecule has 0 radical (unpaired) electrons. The van der Waals surface area contributed by atoms with Crippen LogP contribution in [0.2, 0.25) is 5.02 Å². The van der Waals surface area contributed by atoms with Crippen molar-refractivity contribution in [1.82, 2.24) is 5.32 Å². The zero-order valence-electron chi connectivity index (χ0n) is 13.8. The first kappa shape index (κ1) is 17.8. The lowest BCUT2D eigenvalue weighted by Gasteiger charge is -2.27. The zero-order chi connectivity index (χ0) is 16.8. The second kappa shape index (κ2) is 8.34. The van der Waals surface area contributed by atoms with Crippen LogP contribution in [0.1, 0.15) is 44.6 Å². The summed E-state index contributed by atoms with van der Waals surface area (Å²) >= 11 is 5.93. The van der Waals surface area contributed by atoms with E-state index in [-0.39, 0.29) is 23.7 Å². The lowest BCUT2D eigenvalue weighted by Crippen LogP contribution is -2.35. The minimum absolute atomic E-state index is 0.0136. The first-order valence-electron chi connectivity index (χ1n) is 8.36. The van der Waals surface area contributed by atoms with Gasteiger partial charge in [-0.05, 0) is 62.8 Å². The van der Waals surface area contributed by atoms with Crippen LogP contribution in [-0.4, -0.2) is 18.4 Å². The second-order valence-electron chi connectivity index (χ2n) is 6.29. The molecule has 0 bridgehead atoms. The number of carbonyl (C=O) groups is 2. The molecule has 1 aromatic rings. The van der Waals surface area contributed by atoms with Crippen molar-refractivity contribution in [3.05, 3.63) is 28.8 Å². The van der Waals surface area contributed by atoms with Crippen molar-refractivity contribution in [3.63, 3.8) is 0 Å². The highest BCUT2D eigenvalue weighted by Gasteiger charge is 2.29. The summed E-state index contributed by atoms with van der Waals surface area (Å²) in [5.41, 5.74) is 1.76. The van der Waals surface area contributed by atoms with Crippen LogP contribution in [0.3, 0.4) is 0 Å². The van der Waals surface area contributed by atoms with Gasteiger partial charge in [0.2, 0.25) is 11.8 Å². The topological polar surface area (TPSA) is 58.2 Å². The molecule has 0 heterocycles. The highest BCUT2D eigenvalue weighted by Crippen LogP contribution is 2.30. The molecule has 2 N–H and O–H groups in total. The molecule has 0 saturated heterocycles. The molecule has 0 spiro atoms. The maximum Gasteiger partial charge on any atom is 0.227 e. The number of nitrogens with one attached hydrogen (secondary N) is 2. The SMILES string of the molecule is CCCNC(=O)C1CCC(C(=O)Nc2ccc(Cl)cc2C)CC1. The summed E-state index contributed by atoms with van der Waals surface area (Å²) in [5, 5.41) is 6.60. The summed E-state index contributed by atoms with van der Waals surface area (Å²) in [7, 11) is 0. The quantitative estimate of drug-likeness (QED) is 0.856. The van der Waals surface area contributed by atoms with Crippen LogP contribution < -0.4 is 10.6 Å². The predicted octanol–water partition coefficient (Wildman–Crippen LogP) is 3.92. The van der Waals surface area contributed by atoms with E-state index in [0.29, 0.717) is 5.02 Å². The van der Waals surface area contributed by atoms with Gasteiger partial charge in [-0.2, -0.15) is 0 Å². The Balaban J connectivity index is 1.85. The number of benzene rings is 1. The molecule has 0 aromatic heterocycles. The highest BCUT2D eigenvalue weighted by atomic mass is 35.5. The van der Waals surface area contributed by atoms with Crippen LogP contribution in [-0.2, 0) is 9.59 Å². The summed E-state index contributed by atoms with van der Waals surface area (Å²) in [4.78, 5) is 24.4. The van der Waals surface area contributed by atoms with Gasteiger partial charge in [0.05, 0.1) is 0 Å². The molecule has 1 saturated carbocycles. The number of halogens is 1. The molecule has 1 aliphatic rings. The first-order valence-corrected chi connectivity index (χ1v) is 8.73. The Morgan fingerprint density at radius 1 is 1.13 bits per heavy atom. The summed E-state index contributed by atoms with van der Waals surface area (Å²) in [5.74, 6) is 0.227. The molecule has 0 aliphatic heterocycles. The first-order chi connectivity index (χ1) is 11.0. The van der Waals surface area contributed by atoms with Gasteiger partial charge in [-0.15, -0.1) is 0 Å². The van der Waals surface area contributed by atoms with E-state index < -0.39 is 0 Å². The molecule has 2 rings (SSSR count). The molecule has 0 atom stereocenters. The molecule has 2 amide bonds. The molecule has 126 valence electrons. The minimum atomic E-state index is -0.0136. The predicted molar refractivity (Wildman–Crippen MR) is 93.6 cm³/mol. The fourth-order valence-electron chi connectivity index (χ4n) is 3.01. The Labute approximate surface area is 143 Å². The third-order valence-corrected chi connectivity index (χ3v) is 4.70. The second-order valence-corrected chi connectivity index (χ2v) is 6.72. The monoisotopic (exact) mass is 336 g/mol. The lowest BCUT2D eigenvalue weighted by molar-refractivity contribution is -0.128. The van der Waals surface area contributed by atoms with Crippen molar-refractivity contribution in [3.8, 4) is 0 Å². The lowest BCUT2D eigenvalue weighted by atomic mass is 9.81. The molecule has 1 aromatic carbocycles. The van der Waals surface area contributed by atoms with Crippen molar-refractivity contribution in [2.75, 3.05) is 11.9 Å². The number of rotatable bonds is 5. The third-order valence-electron chi connectivity index (χ3n) is 4.46. The third kappa shape index (κ3) is 4.96. The Kier molecular flexibility index (Phi) is 6.46. The Hall–Kier alpha value is -1.55. The molecule has 1 fully saturated rings. The minimum Gasteiger partial charge on any atom is -0.356 e. The van der Waals surface area contributed by atoms with Crippen LogP contribution in [0, 0.1) is 18.8 Å². The largest absolute Gasteiger partial charge is 0.356 e. The summed E-state index contributed by atoms with van der Waals surface area (Å²) in [6, 6.07) is 5.45. The van der Waals surface area contributed by atoms with E-state index in [1.165, 1.54) is 0 Å². The molecule has 4 nitrogen and oxygen atoms in total. The van der Waals surface area contributed by atoms with Crippen molar-refractivity contribution in [2.24, 2.45) is 11.8 Å². The van der Waals surface area contributed by atoms with Crippen LogP contribution in [0.4, 0.5) is 5.69 Å². The van der Waals surface area contributed by atoms with Crippen molar-refractivity contribution >= 4 is 29.1 Å². The maximum absolute atomic E-state index is 12.4. The van der Waals surface area contributed by atoms with Gasteiger partial charge in [-0.3, -0.25) is 9.59 Å². The van der Waals surface area contributed by atoms with Gasteiger partial charge in [0, 0.05) is 29.1 Å². The number of hydrogen-bond donors (Lipinski definition) is 2. The van der Waals surface area contributed by atoms with Crippen LogP contribution in [0.15, 0.2) is 18.2 Å². The Morgan fingerprint density at radius 3 is 2.30 bits per heavy atom. The van der Waals surface area contributed by atoms with Crippen LogP contribution >= 0.6 is 11.6 Å². The molecular weight excluding hydrogens is 312 g/mol. The Morgan fingerprint density at radius 2 is 1.74 bits per heavy atom. The number of hydrogen-bond acceptors (Lipinski definition) is 2. The average Bonchev–Trinajstić information content (AvgIpc) is 2.55. The van der Waals surface area contributed by atoms with Gasteiger partial charge < -0.3 is 10.6 Å². The normalized spacial score (nSPS) is 20.8. The van der Waals surface area contributed by atoms with Crippen molar-refractivity contribution in [2.45, 2.75) is 46.0 Å². The van der Waals surface area contributed by atoms with Gasteiger partial charge in [-0.1, -0.05) is 18.5 Å². The van der Waals surface area contributed by atoms with Gasteiger partial charge in [0.25, 0.3) is 0 Å². The molecule has 0 unspecified atom stereocenters. The number of amides is 2. The maximum atomic E-state index is 12.4. The average molecular weight is 337 g/mol. The van der Waals surface area contributed by atoms with Crippen LogP contribution in [0.25, 0.3) is 0 Å². The van der Waals surface area contributed by atoms with E-state index in [2.05, 4.69) is 10.6 Å². The Bertz CT molecular complexity index is 566. The van der Waals surface area contributed by atoms with E-state index >= 15 is 0 Å². The number of aryl methyl sites for hydroxylation is 1. The smallest absolute Gasteiger partial charge is 0.227 e. The van der Waals surface area contributed by atoms with Gasteiger partial charge in [0.1, 0.15) is 0 Å². The van der Waals surface area contributed by atoms with E-state index in [9.17, 15) is 9.59 Å². The van der Waals surface area contributed by atoms with E-state index in [4.69, 9.17) is 11.6 Å². The van der Waals surface area contributed by atoms with E-state index in [0.717, 1.165) is 49.9 Å². The highest BCUT2D eigenvalue weighted by molar-refractivity contribution is 6.30. The molecule has 5 heteroatoms. The number of anilines is 1. The molecular formula is C18H25ClN2O2. The van der Waals surface area contributed by atoms with Crippen molar-refractivity contribution < 1.29 is 9.59 Å². The zero-order valence-corrected chi connectivity index (χ0v) is 14.6. The summed E-state index contributed by atoms with van der Waals surface area (Å²) < 4.78 is 0. The summed E-state index contributed by atoms with van der Waals surface area (Å²) in [6.45, 7) is 4.70. The van der Waals surface area contributed by atoms with Gasteiger partial charge in [-0.25, -0.2) is 0 Å². The van der Waals surface area contributed by atoms with E-state index in [1.807, 2.05) is 26.0 Å². The van der Waals surface area contributed by atoms with Crippen molar-refractivity contribution in [1.29, 1.82) is 0 Å². The molecule has 23 heavy (non-hydrogen) atoms. The van der Waals surface area contributed by atoms with E-state index in [1.54, 1.807) is 6.07 Å². The number of carbonyl (C=O) groups excluding carboxylic acids is 2. The van der Waals surface area contributed by atoms with Gasteiger partial charge in [0.15, 0.2) is 0 Å². The van der Waals surface area contributed by atoms with Crippen LogP contribution in [0.5, 0.6) is 0 Å². The summed E-state index contributed by atoms with van der Waals surface area (Å²) in [6.07, 6.45) is 4.05. The fraction of sp³-hybridized carbons (Fsp3) is 0.556. The van der Waals surface area contributed by atoms with Gasteiger partial charge >= 0.3 is 0 Å². The molecule has 1 aliphatic carbocycles. The fourth-order valence-corrected chi connectivity index (χ4v) is 3.24. The standard InChI is InChI=1S/C18H25ClN2O2/c1-3-10-20-17(22)13-4-6-14(7-5-13)18(23)21-16-9-8-15(19)11-12(16)2/h8-9,11,13-14H,3-7,10H2,1-2H3,(H,20,22)(H,21,23).